The number of fused-ring (bicyclic) bond motifs is 1. The SMILES string of the molecule is Cc1oc(CO)cc1C(=O)OCC(=O)Nc1cccc2nsnc12. The van der Waals surface area contributed by atoms with Gasteiger partial charge < -0.3 is 19.6 Å². The Morgan fingerprint density at radius 2 is 2.21 bits per heavy atom. The number of carbonyl (C=O) groups excluding carboxylic acids is 2. The lowest BCUT2D eigenvalue weighted by atomic mass is 10.2. The fourth-order valence-electron chi connectivity index (χ4n) is 2.13. The van der Waals surface area contributed by atoms with Gasteiger partial charge in [-0.2, -0.15) is 8.75 Å². The number of aliphatic hydroxyl groups is 1. The third kappa shape index (κ3) is 3.26. The number of nitrogens with zero attached hydrogens (tertiary/aromatic N) is 2. The Morgan fingerprint density at radius 3 is 2.96 bits per heavy atom. The molecule has 8 nitrogen and oxygen atoms in total. The van der Waals surface area contributed by atoms with Crippen LogP contribution in [-0.4, -0.2) is 32.3 Å². The van der Waals surface area contributed by atoms with Crippen LogP contribution in [-0.2, 0) is 16.1 Å². The number of hydrogen-bond donors (Lipinski definition) is 2. The minimum atomic E-state index is -0.695. The Hall–Kier alpha value is -2.78. The summed E-state index contributed by atoms with van der Waals surface area (Å²) in [6.07, 6.45) is 0. The fraction of sp³-hybridized carbons (Fsp3) is 0.200. The van der Waals surface area contributed by atoms with Gasteiger partial charge in [0.15, 0.2) is 6.61 Å². The van der Waals surface area contributed by atoms with Gasteiger partial charge >= 0.3 is 5.97 Å². The van der Waals surface area contributed by atoms with Crippen LogP contribution >= 0.6 is 11.7 Å². The van der Waals surface area contributed by atoms with Gasteiger partial charge in [-0.05, 0) is 25.1 Å². The van der Waals surface area contributed by atoms with Crippen molar-refractivity contribution in [1.29, 1.82) is 0 Å². The molecule has 1 amide bonds. The van der Waals surface area contributed by atoms with E-state index in [4.69, 9.17) is 14.3 Å². The Balaban J connectivity index is 1.62. The summed E-state index contributed by atoms with van der Waals surface area (Å²) >= 11 is 1.05. The number of aromatic nitrogens is 2. The maximum Gasteiger partial charge on any atom is 0.342 e. The smallest absolute Gasteiger partial charge is 0.342 e. The monoisotopic (exact) mass is 347 g/mol. The van der Waals surface area contributed by atoms with Gasteiger partial charge in [-0.1, -0.05) is 6.07 Å². The maximum absolute atomic E-state index is 12.0. The topological polar surface area (TPSA) is 115 Å². The molecule has 0 saturated heterocycles. The van der Waals surface area contributed by atoms with Crippen molar-refractivity contribution < 1.29 is 23.8 Å². The number of furan rings is 1. The van der Waals surface area contributed by atoms with E-state index >= 15 is 0 Å². The summed E-state index contributed by atoms with van der Waals surface area (Å²) in [6, 6.07) is 6.61. The van der Waals surface area contributed by atoms with E-state index in [0.29, 0.717) is 22.5 Å². The molecule has 3 aromatic rings. The molecule has 0 atom stereocenters. The van der Waals surface area contributed by atoms with E-state index in [2.05, 4.69) is 14.1 Å². The molecular weight excluding hydrogens is 334 g/mol. The lowest BCUT2D eigenvalue weighted by Crippen LogP contribution is -2.21. The molecule has 3 rings (SSSR count). The number of carbonyl (C=O) groups is 2. The molecule has 0 unspecified atom stereocenters. The van der Waals surface area contributed by atoms with E-state index in [-0.39, 0.29) is 17.9 Å². The van der Waals surface area contributed by atoms with Gasteiger partial charge in [0.2, 0.25) is 0 Å². The summed E-state index contributed by atoms with van der Waals surface area (Å²) in [5.41, 5.74) is 1.95. The quantitative estimate of drug-likeness (QED) is 0.677. The van der Waals surface area contributed by atoms with Crippen LogP contribution in [0.15, 0.2) is 28.7 Å². The van der Waals surface area contributed by atoms with Crippen LogP contribution in [0, 0.1) is 6.92 Å². The molecule has 124 valence electrons. The Bertz CT molecular complexity index is 902. The van der Waals surface area contributed by atoms with Gasteiger partial charge in [-0.25, -0.2) is 4.79 Å². The highest BCUT2D eigenvalue weighted by Gasteiger charge is 2.18. The zero-order valence-corrected chi connectivity index (χ0v) is 13.4. The number of aryl methyl sites for hydroxylation is 1. The van der Waals surface area contributed by atoms with Crippen molar-refractivity contribution in [2.75, 3.05) is 11.9 Å². The lowest BCUT2D eigenvalue weighted by molar-refractivity contribution is -0.119. The minimum absolute atomic E-state index is 0.178. The number of nitrogens with one attached hydrogen (secondary N) is 1. The second kappa shape index (κ2) is 6.77. The standard InChI is InChI=1S/C15H13N3O5S/c1-8-10(5-9(6-19)23-8)15(21)22-7-13(20)16-11-3-2-4-12-14(11)18-24-17-12/h2-5,19H,6-7H2,1H3,(H,16,20). The Kier molecular flexibility index (Phi) is 4.54. The summed E-state index contributed by atoms with van der Waals surface area (Å²) in [5, 5.41) is 11.6. The molecule has 1 aromatic carbocycles. The number of aliphatic hydroxyl groups excluding tert-OH is 1. The van der Waals surface area contributed by atoms with Crippen LogP contribution in [0.25, 0.3) is 11.0 Å². The number of hydrogen-bond acceptors (Lipinski definition) is 8. The number of amides is 1. The first kappa shape index (κ1) is 16.1. The van der Waals surface area contributed by atoms with Crippen molar-refractivity contribution in [3.05, 3.63) is 41.3 Å². The summed E-state index contributed by atoms with van der Waals surface area (Å²) in [5.74, 6) is -0.610. The highest BCUT2D eigenvalue weighted by molar-refractivity contribution is 7.00. The second-order valence-electron chi connectivity index (χ2n) is 4.90. The molecule has 2 heterocycles. The van der Waals surface area contributed by atoms with Crippen LogP contribution in [0.4, 0.5) is 5.69 Å². The molecular formula is C15H13N3O5S. The van der Waals surface area contributed by atoms with Crippen molar-refractivity contribution in [3.8, 4) is 0 Å². The van der Waals surface area contributed by atoms with Gasteiger partial charge in [-0.3, -0.25) is 4.79 Å². The predicted octanol–water partition coefficient (Wildman–Crippen LogP) is 1.88. The van der Waals surface area contributed by atoms with Crippen LogP contribution in [0.1, 0.15) is 21.9 Å². The molecule has 0 aliphatic carbocycles. The van der Waals surface area contributed by atoms with Crippen molar-refractivity contribution in [1.82, 2.24) is 8.75 Å². The number of rotatable bonds is 5. The van der Waals surface area contributed by atoms with Gasteiger partial charge in [0, 0.05) is 0 Å². The number of esters is 1. The highest BCUT2D eigenvalue weighted by Crippen LogP contribution is 2.21. The summed E-state index contributed by atoms with van der Waals surface area (Å²) in [4.78, 5) is 23.9. The van der Waals surface area contributed by atoms with Crippen LogP contribution in [0.3, 0.4) is 0 Å². The van der Waals surface area contributed by atoms with Gasteiger partial charge in [0.05, 0.1) is 17.4 Å². The van der Waals surface area contributed by atoms with Crippen molar-refractivity contribution in [2.45, 2.75) is 13.5 Å². The largest absolute Gasteiger partial charge is 0.463 e. The summed E-state index contributed by atoms with van der Waals surface area (Å²) < 4.78 is 18.3. The summed E-state index contributed by atoms with van der Waals surface area (Å²) in [6.45, 7) is 0.803. The van der Waals surface area contributed by atoms with E-state index < -0.39 is 18.5 Å². The first-order chi connectivity index (χ1) is 11.6. The minimum Gasteiger partial charge on any atom is -0.463 e. The number of anilines is 1. The van der Waals surface area contributed by atoms with Crippen molar-refractivity contribution in [2.24, 2.45) is 0 Å². The molecule has 0 bridgehead atoms. The number of ether oxygens (including phenoxy) is 1. The normalized spacial score (nSPS) is 10.8. The maximum atomic E-state index is 12.0. The third-order valence-electron chi connectivity index (χ3n) is 3.24. The average molecular weight is 347 g/mol. The molecule has 24 heavy (non-hydrogen) atoms. The van der Waals surface area contributed by atoms with E-state index in [9.17, 15) is 9.59 Å². The first-order valence-corrected chi connectivity index (χ1v) is 7.70. The molecule has 2 N–H and O–H groups in total. The number of benzene rings is 1. The molecule has 0 spiro atoms. The van der Waals surface area contributed by atoms with Crippen molar-refractivity contribution >= 4 is 40.3 Å². The van der Waals surface area contributed by atoms with Gasteiger partial charge in [0.1, 0.15) is 34.7 Å². The van der Waals surface area contributed by atoms with Gasteiger partial charge in [-0.15, -0.1) is 0 Å². The van der Waals surface area contributed by atoms with Crippen LogP contribution < -0.4 is 5.32 Å². The second-order valence-corrected chi connectivity index (χ2v) is 5.43. The van der Waals surface area contributed by atoms with E-state index in [1.807, 2.05) is 0 Å². The Labute approximate surface area is 140 Å². The molecule has 9 heteroatoms. The molecule has 0 radical (unpaired) electrons. The third-order valence-corrected chi connectivity index (χ3v) is 3.78. The van der Waals surface area contributed by atoms with Crippen molar-refractivity contribution in [3.63, 3.8) is 0 Å². The summed E-state index contributed by atoms with van der Waals surface area (Å²) in [7, 11) is 0. The molecule has 0 fully saturated rings. The molecule has 0 saturated carbocycles. The highest BCUT2D eigenvalue weighted by atomic mass is 32.1. The van der Waals surface area contributed by atoms with E-state index in [1.165, 1.54) is 6.07 Å². The zero-order valence-electron chi connectivity index (χ0n) is 12.6. The first-order valence-electron chi connectivity index (χ1n) is 6.97. The van der Waals surface area contributed by atoms with Gasteiger partial charge in [0.25, 0.3) is 5.91 Å². The van der Waals surface area contributed by atoms with Crippen LogP contribution in [0.2, 0.25) is 0 Å². The van der Waals surface area contributed by atoms with E-state index in [0.717, 1.165) is 11.7 Å². The Morgan fingerprint density at radius 1 is 1.38 bits per heavy atom. The van der Waals surface area contributed by atoms with E-state index in [1.54, 1.807) is 25.1 Å². The molecule has 0 aliphatic rings. The fourth-order valence-corrected chi connectivity index (χ4v) is 2.68. The predicted molar refractivity (Wildman–Crippen MR) is 85.7 cm³/mol. The molecule has 0 aliphatic heterocycles. The average Bonchev–Trinajstić information content (AvgIpc) is 3.19. The molecule has 2 aromatic heterocycles. The van der Waals surface area contributed by atoms with Crippen LogP contribution in [0.5, 0.6) is 0 Å². The lowest BCUT2D eigenvalue weighted by Gasteiger charge is -2.06. The zero-order chi connectivity index (χ0) is 17.1.